The van der Waals surface area contributed by atoms with Crippen LogP contribution >= 0.6 is 11.6 Å². The Bertz CT molecular complexity index is 1010. The molecule has 0 saturated carbocycles. The zero-order chi connectivity index (χ0) is 22.5. The Labute approximate surface area is 184 Å². The van der Waals surface area contributed by atoms with E-state index in [1.54, 1.807) is 18.2 Å². The van der Waals surface area contributed by atoms with E-state index >= 15 is 0 Å². The molecule has 31 heavy (non-hydrogen) atoms. The zero-order valence-corrected chi connectivity index (χ0v) is 18.0. The van der Waals surface area contributed by atoms with E-state index in [4.69, 9.17) is 16.3 Å². The number of hydrogen-bond acceptors (Lipinski definition) is 7. The van der Waals surface area contributed by atoms with Crippen molar-refractivity contribution in [3.8, 4) is 0 Å². The maximum Gasteiger partial charge on any atom is 0.337 e. The maximum absolute atomic E-state index is 12.9. The van der Waals surface area contributed by atoms with Crippen molar-refractivity contribution >= 4 is 40.5 Å². The topological polar surface area (TPSA) is 105 Å². The van der Waals surface area contributed by atoms with E-state index < -0.39 is 16.8 Å². The van der Waals surface area contributed by atoms with Crippen molar-refractivity contribution in [1.29, 1.82) is 0 Å². The quantitative estimate of drug-likeness (QED) is 0.411. The van der Waals surface area contributed by atoms with Crippen LogP contribution in [0, 0.1) is 10.1 Å². The summed E-state index contributed by atoms with van der Waals surface area (Å²) >= 11 is 5.84. The van der Waals surface area contributed by atoms with Gasteiger partial charge in [0.15, 0.2) is 0 Å². The molecule has 164 valence electrons. The molecule has 1 aliphatic heterocycles. The predicted molar refractivity (Wildman–Crippen MR) is 118 cm³/mol. The summed E-state index contributed by atoms with van der Waals surface area (Å²) in [6, 6.07) is 8.82. The van der Waals surface area contributed by atoms with Gasteiger partial charge in [0.25, 0.3) is 11.6 Å². The molecule has 1 saturated heterocycles. The number of carbonyl (C=O) groups excluding carboxylic acids is 2. The average molecular weight is 447 g/mol. The van der Waals surface area contributed by atoms with Gasteiger partial charge in [-0.3, -0.25) is 14.9 Å². The highest BCUT2D eigenvalue weighted by molar-refractivity contribution is 6.32. The van der Waals surface area contributed by atoms with Crippen LogP contribution in [0.5, 0.6) is 0 Å². The third-order valence-electron chi connectivity index (χ3n) is 5.23. The molecule has 0 unspecified atom stereocenters. The third-order valence-corrected chi connectivity index (χ3v) is 5.55. The molecule has 10 heteroatoms. The number of benzene rings is 2. The summed E-state index contributed by atoms with van der Waals surface area (Å²) in [5, 5.41) is 13.9. The number of amides is 1. The molecule has 0 aromatic heterocycles. The lowest BCUT2D eigenvalue weighted by Gasteiger charge is -2.36. The molecule has 0 aliphatic carbocycles. The Hall–Kier alpha value is -3.17. The fraction of sp³-hybridized carbons (Fsp3) is 0.333. The highest BCUT2D eigenvalue weighted by Crippen LogP contribution is 2.30. The van der Waals surface area contributed by atoms with Crippen LogP contribution in [0.2, 0.25) is 5.02 Å². The Kier molecular flexibility index (Phi) is 7.09. The first-order valence-corrected chi connectivity index (χ1v) is 10.2. The van der Waals surface area contributed by atoms with Crippen molar-refractivity contribution in [2.75, 3.05) is 50.1 Å². The van der Waals surface area contributed by atoms with Crippen LogP contribution < -0.4 is 10.2 Å². The van der Waals surface area contributed by atoms with Gasteiger partial charge in [-0.1, -0.05) is 18.5 Å². The SMILES string of the molecule is CCN1CCN(c2ccc(C(=O)OC)cc2NC(=O)c2ccc(Cl)c([N+](=O)[O-])c2)CC1. The molecule has 0 bridgehead atoms. The number of anilines is 2. The third kappa shape index (κ3) is 5.12. The van der Waals surface area contributed by atoms with E-state index in [1.165, 1.54) is 19.2 Å². The van der Waals surface area contributed by atoms with E-state index in [1.807, 2.05) is 0 Å². The normalized spacial score (nSPS) is 14.2. The van der Waals surface area contributed by atoms with Crippen LogP contribution in [0.1, 0.15) is 27.6 Å². The minimum atomic E-state index is -0.643. The smallest absolute Gasteiger partial charge is 0.337 e. The number of nitro benzene ring substituents is 1. The first-order chi connectivity index (χ1) is 14.8. The Morgan fingerprint density at radius 2 is 1.81 bits per heavy atom. The molecule has 1 fully saturated rings. The van der Waals surface area contributed by atoms with E-state index in [0.717, 1.165) is 44.5 Å². The second-order valence-electron chi connectivity index (χ2n) is 7.02. The largest absolute Gasteiger partial charge is 0.465 e. The van der Waals surface area contributed by atoms with Crippen molar-refractivity contribution in [3.63, 3.8) is 0 Å². The number of halogens is 1. The van der Waals surface area contributed by atoms with E-state index in [0.29, 0.717) is 5.69 Å². The highest BCUT2D eigenvalue weighted by Gasteiger charge is 2.22. The van der Waals surface area contributed by atoms with Crippen LogP contribution in [0.4, 0.5) is 17.1 Å². The maximum atomic E-state index is 12.9. The van der Waals surface area contributed by atoms with Crippen molar-refractivity contribution in [2.45, 2.75) is 6.92 Å². The molecule has 2 aromatic rings. The average Bonchev–Trinajstić information content (AvgIpc) is 2.78. The van der Waals surface area contributed by atoms with Gasteiger partial charge in [0.2, 0.25) is 0 Å². The predicted octanol–water partition coefficient (Wildman–Crippen LogP) is 3.43. The zero-order valence-electron chi connectivity index (χ0n) is 17.3. The van der Waals surface area contributed by atoms with Crippen LogP contribution in [-0.2, 0) is 4.74 Å². The van der Waals surface area contributed by atoms with E-state index in [9.17, 15) is 19.7 Å². The van der Waals surface area contributed by atoms with E-state index in [2.05, 4.69) is 22.0 Å². The molecule has 1 N–H and O–H groups in total. The lowest BCUT2D eigenvalue weighted by Crippen LogP contribution is -2.46. The molecular formula is C21H23ClN4O5. The van der Waals surface area contributed by atoms with Crippen molar-refractivity contribution in [3.05, 3.63) is 62.7 Å². The van der Waals surface area contributed by atoms with Gasteiger partial charge >= 0.3 is 5.97 Å². The number of nitrogens with zero attached hydrogens (tertiary/aromatic N) is 3. The van der Waals surface area contributed by atoms with Crippen molar-refractivity contribution in [2.24, 2.45) is 0 Å². The minimum absolute atomic E-state index is 0.0521. The number of piperazine rings is 1. The molecule has 3 rings (SSSR count). The molecule has 1 heterocycles. The number of nitro groups is 1. The molecule has 0 atom stereocenters. The van der Waals surface area contributed by atoms with Gasteiger partial charge in [-0.25, -0.2) is 4.79 Å². The number of rotatable bonds is 6. The van der Waals surface area contributed by atoms with Crippen LogP contribution in [0.15, 0.2) is 36.4 Å². The number of likely N-dealkylation sites (N-methyl/N-ethyl adjacent to an activating group) is 1. The summed E-state index contributed by atoms with van der Waals surface area (Å²) in [7, 11) is 1.28. The molecule has 1 amide bonds. The second-order valence-corrected chi connectivity index (χ2v) is 7.43. The van der Waals surface area contributed by atoms with Crippen molar-refractivity contribution < 1.29 is 19.2 Å². The minimum Gasteiger partial charge on any atom is -0.465 e. The van der Waals surface area contributed by atoms with E-state index in [-0.39, 0.29) is 21.8 Å². The summed E-state index contributed by atoms with van der Waals surface area (Å²) in [6.45, 7) is 6.37. The number of nitrogens with one attached hydrogen (secondary N) is 1. The summed E-state index contributed by atoms with van der Waals surface area (Å²) < 4.78 is 4.79. The van der Waals surface area contributed by atoms with Gasteiger partial charge in [0.1, 0.15) is 5.02 Å². The number of hydrogen-bond donors (Lipinski definition) is 1. The molecular weight excluding hydrogens is 424 g/mol. The Morgan fingerprint density at radius 3 is 2.42 bits per heavy atom. The summed E-state index contributed by atoms with van der Waals surface area (Å²) in [5.74, 6) is -1.07. The van der Waals surface area contributed by atoms with Crippen LogP contribution in [-0.4, -0.2) is 61.5 Å². The van der Waals surface area contributed by atoms with Gasteiger partial charge in [-0.15, -0.1) is 0 Å². The Morgan fingerprint density at radius 1 is 1.13 bits per heavy atom. The fourth-order valence-electron chi connectivity index (χ4n) is 3.45. The number of carbonyl (C=O) groups is 2. The van der Waals surface area contributed by atoms with Crippen LogP contribution in [0.25, 0.3) is 0 Å². The van der Waals surface area contributed by atoms with Gasteiger partial charge in [-0.05, 0) is 36.9 Å². The summed E-state index contributed by atoms with van der Waals surface area (Å²) in [6.07, 6.45) is 0. The van der Waals surface area contributed by atoms with Crippen LogP contribution in [0.3, 0.4) is 0 Å². The van der Waals surface area contributed by atoms with Gasteiger partial charge < -0.3 is 19.9 Å². The van der Waals surface area contributed by atoms with Crippen molar-refractivity contribution in [1.82, 2.24) is 4.90 Å². The fourth-order valence-corrected chi connectivity index (χ4v) is 3.64. The lowest BCUT2D eigenvalue weighted by atomic mass is 10.1. The highest BCUT2D eigenvalue weighted by atomic mass is 35.5. The number of esters is 1. The molecule has 1 aliphatic rings. The monoisotopic (exact) mass is 446 g/mol. The molecule has 0 radical (unpaired) electrons. The second kappa shape index (κ2) is 9.76. The standard InChI is InChI=1S/C21H23ClN4O5/c1-3-24-8-10-25(11-9-24)18-7-5-15(21(28)31-2)12-17(18)23-20(27)14-4-6-16(22)19(13-14)26(29)30/h4-7,12-13H,3,8-11H2,1-2H3,(H,23,27). The first kappa shape index (κ1) is 22.5. The Balaban J connectivity index is 1.92. The summed E-state index contributed by atoms with van der Waals surface area (Å²) in [5.41, 5.74) is 1.21. The van der Waals surface area contributed by atoms with Gasteiger partial charge in [-0.2, -0.15) is 0 Å². The van der Waals surface area contributed by atoms with Gasteiger partial charge in [0, 0.05) is 37.8 Å². The molecule has 0 spiro atoms. The summed E-state index contributed by atoms with van der Waals surface area (Å²) in [4.78, 5) is 39.8. The van der Waals surface area contributed by atoms with Gasteiger partial charge in [0.05, 0.1) is 29.0 Å². The molecule has 9 nitrogen and oxygen atoms in total. The number of methoxy groups -OCH3 is 1. The molecule has 2 aromatic carbocycles. The lowest BCUT2D eigenvalue weighted by molar-refractivity contribution is -0.384. The number of ether oxygens (including phenoxy) is 1. The first-order valence-electron chi connectivity index (χ1n) is 9.79.